The van der Waals surface area contributed by atoms with Crippen molar-refractivity contribution in [2.45, 2.75) is 51.9 Å². The number of amides is 1. The molecule has 2 aromatic rings. The normalized spacial score (nSPS) is 15.1. The van der Waals surface area contributed by atoms with Crippen LogP contribution in [0.2, 0.25) is 0 Å². The third kappa shape index (κ3) is 5.67. The van der Waals surface area contributed by atoms with Crippen LogP contribution in [0.4, 0.5) is 16.4 Å². The van der Waals surface area contributed by atoms with E-state index in [4.69, 9.17) is 9.47 Å². The number of rotatable bonds is 8. The van der Waals surface area contributed by atoms with E-state index in [1.807, 2.05) is 4.90 Å². The minimum absolute atomic E-state index is 0.00550. The van der Waals surface area contributed by atoms with Crippen LogP contribution in [0.3, 0.4) is 0 Å². The molecule has 0 saturated carbocycles. The summed E-state index contributed by atoms with van der Waals surface area (Å²) in [5, 5.41) is 14.7. The van der Waals surface area contributed by atoms with E-state index in [0.29, 0.717) is 16.3 Å². The number of nitro benzene ring substituents is 1. The molecule has 1 aliphatic carbocycles. The Morgan fingerprint density at radius 2 is 1.81 bits per heavy atom. The van der Waals surface area contributed by atoms with Gasteiger partial charge in [0.15, 0.2) is 6.61 Å². The van der Waals surface area contributed by atoms with E-state index >= 15 is 0 Å². The standard InChI is InChI=1S/C25H29N3O7S/c1-2-34-25(31)22-17-8-4-5-9-20(17)36-23(22)26-21(29)15-35-24(30)16-10-11-18(19(14-16)28(32)33)27-12-6-3-7-13-27/h10-11,14H,2-9,12-13,15H2,1H3,(H,26,29). The monoisotopic (exact) mass is 515 g/mol. The molecule has 4 rings (SSSR count). The Hall–Kier alpha value is -3.47. The first-order valence-corrected chi connectivity index (χ1v) is 13.0. The second-order valence-corrected chi connectivity index (χ2v) is 9.87. The Morgan fingerprint density at radius 3 is 2.53 bits per heavy atom. The lowest BCUT2D eigenvalue weighted by Crippen LogP contribution is -2.30. The van der Waals surface area contributed by atoms with Crippen molar-refractivity contribution in [3.63, 3.8) is 0 Å². The van der Waals surface area contributed by atoms with Crippen molar-refractivity contribution in [3.05, 3.63) is 49.9 Å². The van der Waals surface area contributed by atoms with Crippen molar-refractivity contribution in [2.75, 3.05) is 36.5 Å². The predicted octanol–water partition coefficient (Wildman–Crippen LogP) is 4.50. The summed E-state index contributed by atoms with van der Waals surface area (Å²) in [4.78, 5) is 51.8. The first-order valence-electron chi connectivity index (χ1n) is 12.2. The van der Waals surface area contributed by atoms with Gasteiger partial charge in [-0.2, -0.15) is 0 Å². The van der Waals surface area contributed by atoms with Crippen LogP contribution in [0.15, 0.2) is 18.2 Å². The summed E-state index contributed by atoms with van der Waals surface area (Å²) >= 11 is 1.34. The van der Waals surface area contributed by atoms with Gasteiger partial charge in [0.2, 0.25) is 0 Å². The molecule has 1 amide bonds. The number of anilines is 2. The molecule has 1 fully saturated rings. The summed E-state index contributed by atoms with van der Waals surface area (Å²) in [7, 11) is 0. The smallest absolute Gasteiger partial charge is 0.341 e. The fourth-order valence-electron chi connectivity index (χ4n) is 4.65. The zero-order valence-electron chi connectivity index (χ0n) is 20.2. The molecule has 36 heavy (non-hydrogen) atoms. The maximum Gasteiger partial charge on any atom is 0.341 e. The zero-order valence-corrected chi connectivity index (χ0v) is 21.0. The Kier molecular flexibility index (Phi) is 8.19. The van der Waals surface area contributed by atoms with Crippen LogP contribution < -0.4 is 10.2 Å². The number of ether oxygens (including phenoxy) is 2. The van der Waals surface area contributed by atoms with E-state index in [1.54, 1.807) is 13.0 Å². The third-order valence-corrected chi connectivity index (χ3v) is 7.55. The van der Waals surface area contributed by atoms with Gasteiger partial charge in [-0.25, -0.2) is 9.59 Å². The second kappa shape index (κ2) is 11.5. The number of nitro groups is 1. The summed E-state index contributed by atoms with van der Waals surface area (Å²) in [5.41, 5.74) is 1.59. The summed E-state index contributed by atoms with van der Waals surface area (Å²) in [6.45, 7) is 2.80. The van der Waals surface area contributed by atoms with Crippen molar-refractivity contribution < 1.29 is 28.8 Å². The summed E-state index contributed by atoms with van der Waals surface area (Å²) in [5.74, 6) is -1.92. The molecule has 1 aromatic heterocycles. The molecule has 2 aliphatic rings. The van der Waals surface area contributed by atoms with Crippen LogP contribution in [0.1, 0.15) is 70.2 Å². The molecule has 0 bridgehead atoms. The van der Waals surface area contributed by atoms with Crippen molar-refractivity contribution in [2.24, 2.45) is 0 Å². The van der Waals surface area contributed by atoms with E-state index < -0.39 is 29.4 Å². The quantitative estimate of drug-likeness (QED) is 0.309. The van der Waals surface area contributed by atoms with Gasteiger partial charge in [-0.15, -0.1) is 11.3 Å². The highest BCUT2D eigenvalue weighted by molar-refractivity contribution is 7.17. The average molecular weight is 516 g/mol. The lowest BCUT2D eigenvalue weighted by atomic mass is 9.95. The number of thiophene rings is 1. The van der Waals surface area contributed by atoms with Crippen LogP contribution in [-0.4, -0.2) is 49.1 Å². The number of benzene rings is 1. The molecule has 1 aromatic carbocycles. The van der Waals surface area contributed by atoms with Crippen molar-refractivity contribution in [1.29, 1.82) is 0 Å². The van der Waals surface area contributed by atoms with Crippen molar-refractivity contribution in [3.8, 4) is 0 Å². The fourth-order valence-corrected chi connectivity index (χ4v) is 5.94. The van der Waals surface area contributed by atoms with Gasteiger partial charge < -0.3 is 19.7 Å². The van der Waals surface area contributed by atoms with Gasteiger partial charge in [0.25, 0.3) is 11.6 Å². The first kappa shape index (κ1) is 25.6. The Morgan fingerprint density at radius 1 is 1.06 bits per heavy atom. The lowest BCUT2D eigenvalue weighted by Gasteiger charge is -2.28. The number of aryl methyl sites for hydroxylation is 1. The topological polar surface area (TPSA) is 128 Å². The Bertz CT molecular complexity index is 1170. The summed E-state index contributed by atoms with van der Waals surface area (Å²) in [6.07, 6.45) is 6.57. The number of carbonyl (C=O) groups is 3. The predicted molar refractivity (Wildman–Crippen MR) is 135 cm³/mol. The van der Waals surface area contributed by atoms with Gasteiger partial charge in [0, 0.05) is 24.0 Å². The number of esters is 2. The van der Waals surface area contributed by atoms with Crippen molar-refractivity contribution in [1.82, 2.24) is 0 Å². The van der Waals surface area contributed by atoms with E-state index in [1.165, 1.54) is 23.5 Å². The number of fused-ring (bicyclic) bond motifs is 1. The molecule has 11 heteroatoms. The number of nitrogens with zero attached hydrogens (tertiary/aromatic N) is 2. The Balaban J connectivity index is 1.43. The van der Waals surface area contributed by atoms with Gasteiger partial charge in [0.05, 0.1) is 22.7 Å². The highest BCUT2D eigenvalue weighted by Crippen LogP contribution is 2.38. The van der Waals surface area contributed by atoms with E-state index in [9.17, 15) is 24.5 Å². The minimum atomic E-state index is -0.838. The number of nitrogens with one attached hydrogen (secondary N) is 1. The van der Waals surface area contributed by atoms with Crippen LogP contribution in [0.5, 0.6) is 0 Å². The van der Waals surface area contributed by atoms with Gasteiger partial charge in [0.1, 0.15) is 10.7 Å². The molecule has 0 radical (unpaired) electrons. The number of piperidine rings is 1. The van der Waals surface area contributed by atoms with Crippen LogP contribution in [-0.2, 0) is 27.1 Å². The molecule has 0 spiro atoms. The van der Waals surface area contributed by atoms with Crippen LogP contribution in [0, 0.1) is 10.1 Å². The molecule has 0 unspecified atom stereocenters. The molecule has 1 aliphatic heterocycles. The SMILES string of the molecule is CCOC(=O)c1c(NC(=O)COC(=O)c2ccc(N3CCCCC3)c([N+](=O)[O-])c2)sc2c1CCCC2. The Labute approximate surface area is 212 Å². The highest BCUT2D eigenvalue weighted by atomic mass is 32.1. The van der Waals surface area contributed by atoms with E-state index in [0.717, 1.165) is 68.5 Å². The maximum absolute atomic E-state index is 12.6. The number of hydrogen-bond acceptors (Lipinski definition) is 9. The summed E-state index contributed by atoms with van der Waals surface area (Å²) < 4.78 is 10.3. The molecule has 192 valence electrons. The minimum Gasteiger partial charge on any atom is -0.462 e. The van der Waals surface area contributed by atoms with Gasteiger partial charge >= 0.3 is 11.9 Å². The van der Waals surface area contributed by atoms with E-state index in [2.05, 4.69) is 5.32 Å². The van der Waals surface area contributed by atoms with Gasteiger partial charge in [-0.1, -0.05) is 0 Å². The highest BCUT2D eigenvalue weighted by Gasteiger charge is 2.28. The molecule has 1 N–H and O–H groups in total. The van der Waals surface area contributed by atoms with E-state index in [-0.39, 0.29) is 17.9 Å². The molecule has 0 atom stereocenters. The van der Waals surface area contributed by atoms with Crippen LogP contribution >= 0.6 is 11.3 Å². The van der Waals surface area contributed by atoms with Gasteiger partial charge in [-0.3, -0.25) is 14.9 Å². The largest absolute Gasteiger partial charge is 0.462 e. The molecular weight excluding hydrogens is 486 g/mol. The zero-order chi connectivity index (χ0) is 25.7. The maximum atomic E-state index is 12.6. The van der Waals surface area contributed by atoms with Gasteiger partial charge in [-0.05, 0) is 69.6 Å². The fraction of sp³-hybridized carbons (Fsp3) is 0.480. The summed E-state index contributed by atoms with van der Waals surface area (Å²) in [6, 6.07) is 4.22. The number of hydrogen-bond donors (Lipinski definition) is 1. The molecule has 10 nitrogen and oxygen atoms in total. The first-order chi connectivity index (χ1) is 17.4. The van der Waals surface area contributed by atoms with Crippen LogP contribution in [0.25, 0.3) is 0 Å². The second-order valence-electron chi connectivity index (χ2n) is 8.77. The molecule has 2 heterocycles. The number of carbonyl (C=O) groups excluding carboxylic acids is 3. The lowest BCUT2D eigenvalue weighted by molar-refractivity contribution is -0.384. The van der Waals surface area contributed by atoms with Crippen molar-refractivity contribution >= 4 is 45.6 Å². The third-order valence-electron chi connectivity index (χ3n) is 6.34. The molecule has 1 saturated heterocycles. The molecular formula is C25H29N3O7S. The average Bonchev–Trinajstić information content (AvgIpc) is 3.25.